The van der Waals surface area contributed by atoms with E-state index >= 15 is 0 Å². The van der Waals surface area contributed by atoms with E-state index in [0.29, 0.717) is 0 Å². The Bertz CT molecular complexity index is 3620. The maximum Gasteiger partial charge on any atom is 0.135 e. The van der Waals surface area contributed by atoms with Crippen molar-refractivity contribution in [1.82, 2.24) is 0 Å². The van der Waals surface area contributed by atoms with Gasteiger partial charge in [0.15, 0.2) is 0 Å². The van der Waals surface area contributed by atoms with Crippen LogP contribution in [0.25, 0.3) is 99.1 Å². The van der Waals surface area contributed by atoms with E-state index in [1.54, 1.807) is 0 Å². The van der Waals surface area contributed by atoms with Gasteiger partial charge in [0.05, 0.1) is 0 Å². The van der Waals surface area contributed by atoms with Crippen LogP contribution in [-0.2, 0) is 0 Å². The predicted molar refractivity (Wildman–Crippen MR) is 271 cm³/mol. The fourth-order valence-electron chi connectivity index (χ4n) is 9.36. The first-order valence-electron chi connectivity index (χ1n) is 21.9. The molecule has 0 aliphatic heterocycles. The van der Waals surface area contributed by atoms with E-state index in [9.17, 15) is 0 Å². The van der Waals surface area contributed by atoms with Crippen molar-refractivity contribution in [3.8, 4) is 55.8 Å². The zero-order chi connectivity index (χ0) is 42.4. The van der Waals surface area contributed by atoms with Crippen molar-refractivity contribution in [2.24, 2.45) is 0 Å². The van der Waals surface area contributed by atoms with Gasteiger partial charge < -0.3 is 9.32 Å². The minimum Gasteiger partial charge on any atom is -0.456 e. The van der Waals surface area contributed by atoms with E-state index in [1.165, 1.54) is 65.7 Å². The molecule has 0 radical (unpaired) electrons. The van der Waals surface area contributed by atoms with Crippen LogP contribution < -0.4 is 4.90 Å². The van der Waals surface area contributed by atoms with Gasteiger partial charge in [-0.15, -0.1) is 0 Å². The van der Waals surface area contributed by atoms with Crippen LogP contribution in [0.5, 0.6) is 0 Å². The highest BCUT2D eigenvalue weighted by Crippen LogP contribution is 2.41. The van der Waals surface area contributed by atoms with E-state index in [-0.39, 0.29) is 0 Å². The topological polar surface area (TPSA) is 16.4 Å². The fraction of sp³-hybridized carbons (Fsp3) is 0. The average molecular weight is 816 g/mol. The molecule has 64 heavy (non-hydrogen) atoms. The maximum absolute atomic E-state index is 6.24. The van der Waals surface area contributed by atoms with Crippen LogP contribution in [0.15, 0.2) is 253 Å². The van der Waals surface area contributed by atoms with Gasteiger partial charge in [-0.2, -0.15) is 0 Å². The molecule has 0 spiro atoms. The second-order valence-electron chi connectivity index (χ2n) is 16.5. The normalized spacial score (nSPS) is 11.4. The molecule has 300 valence electrons. The number of anilines is 3. The minimum atomic E-state index is 0.870. The van der Waals surface area contributed by atoms with Crippen molar-refractivity contribution < 1.29 is 4.42 Å². The predicted octanol–water partition coefficient (Wildman–Crippen LogP) is 17.7. The summed E-state index contributed by atoms with van der Waals surface area (Å²) in [5.41, 5.74) is 14.7. The van der Waals surface area contributed by atoms with Crippen LogP contribution >= 0.6 is 0 Å². The lowest BCUT2D eigenvalue weighted by atomic mass is 9.93. The monoisotopic (exact) mass is 815 g/mol. The second kappa shape index (κ2) is 15.8. The number of furan rings is 1. The summed E-state index contributed by atoms with van der Waals surface area (Å²) < 4.78 is 6.24. The third-order valence-electron chi connectivity index (χ3n) is 12.6. The first-order chi connectivity index (χ1) is 31.7. The Morgan fingerprint density at radius 2 is 0.719 bits per heavy atom. The average Bonchev–Trinajstić information content (AvgIpc) is 3.82. The van der Waals surface area contributed by atoms with E-state index in [4.69, 9.17) is 4.42 Å². The van der Waals surface area contributed by atoms with E-state index < -0.39 is 0 Å². The Balaban J connectivity index is 0.908. The molecule has 12 aromatic rings. The molecular formula is C62H41NO. The molecule has 0 amide bonds. The summed E-state index contributed by atoms with van der Waals surface area (Å²) in [4.78, 5) is 2.35. The molecule has 0 aliphatic carbocycles. The van der Waals surface area contributed by atoms with Gasteiger partial charge in [0.25, 0.3) is 0 Å². The molecule has 0 atom stereocenters. The molecule has 12 rings (SSSR count). The molecule has 11 aromatic carbocycles. The van der Waals surface area contributed by atoms with E-state index in [1.807, 2.05) is 18.2 Å². The Morgan fingerprint density at radius 3 is 1.38 bits per heavy atom. The third-order valence-corrected chi connectivity index (χ3v) is 12.6. The molecule has 2 heteroatoms. The summed E-state index contributed by atoms with van der Waals surface area (Å²) in [7, 11) is 0. The molecule has 0 aliphatic rings. The second-order valence-corrected chi connectivity index (χ2v) is 16.5. The van der Waals surface area contributed by atoms with Crippen LogP contribution in [0, 0.1) is 0 Å². The summed E-state index contributed by atoms with van der Waals surface area (Å²) in [6.07, 6.45) is 0. The molecule has 1 aromatic heterocycles. The van der Waals surface area contributed by atoms with Crippen molar-refractivity contribution in [2.75, 3.05) is 4.90 Å². The summed E-state index contributed by atoms with van der Waals surface area (Å²) >= 11 is 0. The van der Waals surface area contributed by atoms with Gasteiger partial charge in [0, 0.05) is 28.0 Å². The molecule has 2 nitrogen and oxygen atoms in total. The van der Waals surface area contributed by atoms with Gasteiger partial charge in [0.2, 0.25) is 0 Å². The first kappa shape index (κ1) is 37.3. The molecule has 0 N–H and O–H groups in total. The maximum atomic E-state index is 6.24. The summed E-state index contributed by atoms with van der Waals surface area (Å²) in [6.45, 7) is 0. The minimum absolute atomic E-state index is 0.870. The number of hydrogen-bond acceptors (Lipinski definition) is 2. The van der Waals surface area contributed by atoms with Crippen LogP contribution in [0.3, 0.4) is 0 Å². The van der Waals surface area contributed by atoms with Gasteiger partial charge in [0.1, 0.15) is 11.3 Å². The lowest BCUT2D eigenvalue weighted by molar-refractivity contribution is 0.631. The third kappa shape index (κ3) is 6.88. The molecule has 0 bridgehead atoms. The van der Waals surface area contributed by atoms with Gasteiger partial charge in [-0.1, -0.05) is 176 Å². The van der Waals surface area contributed by atoms with E-state index in [2.05, 4.69) is 235 Å². The molecule has 1 heterocycles. The van der Waals surface area contributed by atoms with Crippen LogP contribution in [0.2, 0.25) is 0 Å². The highest BCUT2D eigenvalue weighted by atomic mass is 16.3. The van der Waals surface area contributed by atoms with Crippen molar-refractivity contribution in [1.29, 1.82) is 0 Å². The highest BCUT2D eigenvalue weighted by molar-refractivity contribution is 6.13. The van der Waals surface area contributed by atoms with Crippen LogP contribution in [0.1, 0.15) is 0 Å². The van der Waals surface area contributed by atoms with Crippen molar-refractivity contribution in [3.05, 3.63) is 249 Å². The van der Waals surface area contributed by atoms with E-state index in [0.717, 1.165) is 50.5 Å². The van der Waals surface area contributed by atoms with Crippen molar-refractivity contribution in [2.45, 2.75) is 0 Å². The molecule has 0 saturated heterocycles. The Hall–Kier alpha value is -8.46. The molecule has 0 fully saturated rings. The first-order valence-corrected chi connectivity index (χ1v) is 21.9. The Labute approximate surface area is 372 Å². The smallest absolute Gasteiger partial charge is 0.135 e. The molecule has 0 saturated carbocycles. The van der Waals surface area contributed by atoms with Gasteiger partial charge in [-0.3, -0.25) is 0 Å². The van der Waals surface area contributed by atoms with Crippen molar-refractivity contribution >= 4 is 60.3 Å². The SMILES string of the molecule is c1cc(-c2ccc(N(c3ccc(-c4cccc(-c5cc6ccccc6o5)c4)cc3)c3ccc(-c4cc5ccccc5c5ccccc45)cc3)cc2)cc(-c2ccc3ccccc3c2)c1. The fourth-order valence-corrected chi connectivity index (χ4v) is 9.36. The Kier molecular flexibility index (Phi) is 9.20. The van der Waals surface area contributed by atoms with Crippen LogP contribution in [-0.4, -0.2) is 0 Å². The summed E-state index contributed by atoms with van der Waals surface area (Å²) in [5, 5.41) is 8.65. The molecular weight excluding hydrogens is 775 g/mol. The van der Waals surface area contributed by atoms with Gasteiger partial charge in [-0.05, 0) is 150 Å². The van der Waals surface area contributed by atoms with Gasteiger partial charge >= 0.3 is 0 Å². The summed E-state index contributed by atoms with van der Waals surface area (Å²) in [6, 6.07) is 89.7. The lowest BCUT2D eigenvalue weighted by Crippen LogP contribution is -2.09. The largest absolute Gasteiger partial charge is 0.456 e. The Morgan fingerprint density at radius 1 is 0.250 bits per heavy atom. The summed E-state index contributed by atoms with van der Waals surface area (Å²) in [5.74, 6) is 0.870. The quantitative estimate of drug-likeness (QED) is 0.142. The number of nitrogens with zero attached hydrogens (tertiary/aromatic N) is 1. The molecule has 0 unspecified atom stereocenters. The number of hydrogen-bond donors (Lipinski definition) is 0. The van der Waals surface area contributed by atoms with Crippen molar-refractivity contribution in [3.63, 3.8) is 0 Å². The number of rotatable bonds is 8. The van der Waals surface area contributed by atoms with Crippen LogP contribution in [0.4, 0.5) is 17.1 Å². The number of para-hydroxylation sites is 1. The zero-order valence-corrected chi connectivity index (χ0v) is 35.0. The zero-order valence-electron chi connectivity index (χ0n) is 35.0. The lowest BCUT2D eigenvalue weighted by Gasteiger charge is -2.26. The number of benzene rings is 11. The standard InChI is InChI=1S/C62H41NO/c1-2-12-46-38-50(24-23-42(46)11-1)49-17-9-15-47(37-49)43-25-31-54(32-26-43)63(56-35-29-45(30-36-56)60-40-51-13-3-5-19-57(51)58-20-6-7-21-59(58)60)55-33-27-44(28-34-55)48-16-10-18-52(39-48)62-41-53-14-4-8-22-61(53)64-62/h1-41H. The highest BCUT2D eigenvalue weighted by Gasteiger charge is 2.16. The number of fused-ring (bicyclic) bond motifs is 5. The van der Waals surface area contributed by atoms with Gasteiger partial charge in [-0.25, -0.2) is 0 Å².